The molecule has 2 N–H and O–H groups in total. The molecule has 0 bridgehead atoms. The molecule has 0 aromatic carbocycles. The van der Waals surface area contributed by atoms with Gasteiger partial charge in [0.2, 0.25) is 0 Å². The van der Waals surface area contributed by atoms with Gasteiger partial charge in [0.1, 0.15) is 13.2 Å². The van der Waals surface area contributed by atoms with Gasteiger partial charge in [0.05, 0.1) is 6.54 Å². The average Bonchev–Trinajstić information content (AvgIpc) is 2.66. The van der Waals surface area contributed by atoms with Crippen molar-refractivity contribution in [3.05, 3.63) is 5.82 Å². The molecule has 0 unspecified atom stereocenters. The van der Waals surface area contributed by atoms with E-state index in [4.69, 9.17) is 5.73 Å². The van der Waals surface area contributed by atoms with Crippen LogP contribution in [0.15, 0.2) is 0 Å². The lowest BCUT2D eigenvalue weighted by Crippen LogP contribution is -2.32. The van der Waals surface area contributed by atoms with E-state index in [-0.39, 0.29) is 25.5 Å². The van der Waals surface area contributed by atoms with Crippen molar-refractivity contribution in [3.63, 3.8) is 0 Å². The van der Waals surface area contributed by atoms with Gasteiger partial charge < -0.3 is 10.5 Å². The highest BCUT2D eigenvalue weighted by molar-refractivity contribution is 4.78. The molecule has 0 saturated heterocycles. The predicted octanol–water partition coefficient (Wildman–Crippen LogP) is 0.0488. The average molecular weight is 257 g/mol. The minimum Gasteiger partial charge on any atom is -0.367 e. The summed E-state index contributed by atoms with van der Waals surface area (Å²) in [6.07, 6.45) is -3.76. The first-order valence-electron chi connectivity index (χ1n) is 4.66. The first-order valence-corrected chi connectivity index (χ1v) is 4.66. The monoisotopic (exact) mass is 257 g/mol. The summed E-state index contributed by atoms with van der Waals surface area (Å²) in [4.78, 5) is 0. The third-order valence-electron chi connectivity index (χ3n) is 1.79. The van der Waals surface area contributed by atoms with Gasteiger partial charge in [0.15, 0.2) is 5.82 Å². The Morgan fingerprint density at radius 3 is 2.71 bits per heavy atom. The van der Waals surface area contributed by atoms with E-state index in [1.54, 1.807) is 0 Å². The fraction of sp³-hybridized carbons (Fsp3) is 0.857. The molecule has 0 aliphatic carbocycles. The summed E-state index contributed by atoms with van der Waals surface area (Å²) in [5.74, 6) is -4.02. The topological polar surface area (TPSA) is 78.9 Å². The van der Waals surface area contributed by atoms with E-state index in [1.165, 1.54) is 4.68 Å². The third-order valence-corrected chi connectivity index (χ3v) is 1.79. The molecular formula is C7H11F4N5O. The number of nitrogens with zero attached hydrogens (tertiary/aromatic N) is 4. The Hall–Kier alpha value is -1.29. The summed E-state index contributed by atoms with van der Waals surface area (Å²) in [6.45, 7) is -1.22. The molecule has 6 nitrogen and oxygen atoms in total. The van der Waals surface area contributed by atoms with E-state index in [2.05, 4.69) is 20.3 Å². The van der Waals surface area contributed by atoms with Crippen molar-refractivity contribution in [1.29, 1.82) is 0 Å². The van der Waals surface area contributed by atoms with Crippen LogP contribution in [0.2, 0.25) is 0 Å². The molecule has 1 aromatic rings. The molecule has 0 atom stereocenters. The Labute approximate surface area is 93.7 Å². The Kier molecular flexibility index (Phi) is 4.75. The molecule has 0 radical (unpaired) electrons. The van der Waals surface area contributed by atoms with Crippen LogP contribution in [0.5, 0.6) is 0 Å². The van der Waals surface area contributed by atoms with Gasteiger partial charge in [-0.05, 0) is 10.4 Å². The van der Waals surface area contributed by atoms with Gasteiger partial charge in [-0.1, -0.05) is 0 Å². The van der Waals surface area contributed by atoms with Crippen LogP contribution in [0.4, 0.5) is 17.6 Å². The quantitative estimate of drug-likeness (QED) is 0.698. The van der Waals surface area contributed by atoms with Crippen LogP contribution >= 0.6 is 0 Å². The van der Waals surface area contributed by atoms with Gasteiger partial charge in [-0.15, -0.1) is 5.10 Å². The van der Waals surface area contributed by atoms with Gasteiger partial charge in [0, 0.05) is 6.54 Å². The highest BCUT2D eigenvalue weighted by Gasteiger charge is 2.41. The fourth-order valence-electron chi connectivity index (χ4n) is 0.964. The van der Waals surface area contributed by atoms with Crippen molar-refractivity contribution in [2.24, 2.45) is 5.73 Å². The highest BCUT2D eigenvalue weighted by Crippen LogP contribution is 2.23. The van der Waals surface area contributed by atoms with E-state index in [0.717, 1.165) is 0 Å². The van der Waals surface area contributed by atoms with Crippen molar-refractivity contribution in [1.82, 2.24) is 20.2 Å². The first-order chi connectivity index (χ1) is 7.97. The maximum atomic E-state index is 12.5. The number of nitrogens with two attached hydrogens (primary N) is 1. The van der Waals surface area contributed by atoms with Crippen molar-refractivity contribution in [2.75, 3.05) is 13.2 Å². The number of hydrogen-bond donors (Lipinski definition) is 1. The van der Waals surface area contributed by atoms with Crippen molar-refractivity contribution in [3.8, 4) is 0 Å². The van der Waals surface area contributed by atoms with Gasteiger partial charge in [-0.2, -0.15) is 8.78 Å². The minimum atomic E-state index is -4.17. The number of alkyl halides is 4. The zero-order valence-corrected chi connectivity index (χ0v) is 8.69. The molecule has 0 saturated carbocycles. The fourth-order valence-corrected chi connectivity index (χ4v) is 0.964. The van der Waals surface area contributed by atoms with Gasteiger partial charge in [-0.25, -0.2) is 13.5 Å². The largest absolute Gasteiger partial charge is 0.367 e. The third kappa shape index (κ3) is 3.89. The number of hydrogen-bond acceptors (Lipinski definition) is 5. The Balaban J connectivity index is 2.43. The number of tetrazole rings is 1. The van der Waals surface area contributed by atoms with Crippen LogP contribution in [0.3, 0.4) is 0 Å². The molecule has 0 fully saturated rings. The van der Waals surface area contributed by atoms with Crippen LogP contribution in [-0.2, 0) is 17.9 Å². The van der Waals surface area contributed by atoms with Gasteiger partial charge in [0.25, 0.3) is 0 Å². The van der Waals surface area contributed by atoms with E-state index < -0.39 is 19.0 Å². The lowest BCUT2D eigenvalue weighted by atomic mass is 10.4. The molecular weight excluding hydrogens is 246 g/mol. The number of halogens is 4. The van der Waals surface area contributed by atoms with Crippen LogP contribution in [0.1, 0.15) is 5.82 Å². The van der Waals surface area contributed by atoms with Crippen molar-refractivity contribution in [2.45, 2.75) is 25.5 Å². The van der Waals surface area contributed by atoms with Gasteiger partial charge in [-0.3, -0.25) is 0 Å². The highest BCUT2D eigenvalue weighted by atomic mass is 19.3. The Bertz CT molecular complexity index is 345. The minimum absolute atomic E-state index is 0.153. The predicted molar refractivity (Wildman–Crippen MR) is 47.5 cm³/mol. The second-order valence-electron chi connectivity index (χ2n) is 3.16. The number of rotatable bonds is 7. The molecule has 0 aliphatic rings. The molecule has 0 spiro atoms. The molecule has 0 aliphatic heterocycles. The molecule has 0 amide bonds. The summed E-state index contributed by atoms with van der Waals surface area (Å²) >= 11 is 0. The van der Waals surface area contributed by atoms with E-state index in [1.807, 2.05) is 0 Å². The molecule has 98 valence electrons. The Morgan fingerprint density at radius 1 is 1.41 bits per heavy atom. The molecule has 17 heavy (non-hydrogen) atoms. The summed E-state index contributed by atoms with van der Waals surface area (Å²) < 4.78 is 54.2. The molecule has 1 aromatic heterocycles. The van der Waals surface area contributed by atoms with Crippen molar-refractivity contribution < 1.29 is 22.3 Å². The summed E-state index contributed by atoms with van der Waals surface area (Å²) in [5.41, 5.74) is 5.25. The van der Waals surface area contributed by atoms with E-state index in [9.17, 15) is 17.6 Å². The second kappa shape index (κ2) is 5.87. The zero-order chi connectivity index (χ0) is 12.9. The maximum Gasteiger partial charge on any atom is 0.330 e. The van der Waals surface area contributed by atoms with E-state index >= 15 is 0 Å². The molecule has 1 heterocycles. The number of ether oxygens (including phenoxy) is 1. The molecule has 1 rings (SSSR count). The second-order valence-corrected chi connectivity index (χ2v) is 3.16. The van der Waals surface area contributed by atoms with Crippen LogP contribution in [0.25, 0.3) is 0 Å². The van der Waals surface area contributed by atoms with E-state index in [0.29, 0.717) is 0 Å². The summed E-state index contributed by atoms with van der Waals surface area (Å²) in [7, 11) is 0. The summed E-state index contributed by atoms with van der Waals surface area (Å²) in [6, 6.07) is 0. The normalized spacial score (nSPS) is 12.4. The van der Waals surface area contributed by atoms with Crippen LogP contribution in [0, 0.1) is 0 Å². The van der Waals surface area contributed by atoms with Gasteiger partial charge >= 0.3 is 12.3 Å². The smallest absolute Gasteiger partial charge is 0.330 e. The SMILES string of the molecule is NCCn1nnnc1COCC(F)(F)C(F)F. The lowest BCUT2D eigenvalue weighted by Gasteiger charge is -2.14. The maximum absolute atomic E-state index is 12.5. The molecule has 10 heteroatoms. The Morgan fingerprint density at radius 2 is 2.12 bits per heavy atom. The van der Waals surface area contributed by atoms with Crippen LogP contribution < -0.4 is 5.73 Å². The van der Waals surface area contributed by atoms with Crippen LogP contribution in [-0.4, -0.2) is 45.7 Å². The summed E-state index contributed by atoms with van der Waals surface area (Å²) in [5, 5.41) is 10.3. The number of aromatic nitrogens is 4. The first kappa shape index (κ1) is 13.8. The lowest BCUT2D eigenvalue weighted by molar-refractivity contribution is -0.168. The van der Waals surface area contributed by atoms with Crippen molar-refractivity contribution >= 4 is 0 Å². The standard InChI is InChI=1S/C7H11F4N5O/c8-6(9)7(10,11)4-17-3-5-13-14-15-16(5)2-1-12/h6H,1-4,12H2. The zero-order valence-electron chi connectivity index (χ0n) is 8.69.